The molecule has 0 bridgehead atoms. The average Bonchev–Trinajstić information content (AvgIpc) is 3.13. The monoisotopic (exact) mass is 381 g/mol. The first-order valence-corrected chi connectivity index (χ1v) is 8.76. The van der Waals surface area contributed by atoms with Crippen LogP contribution in [-0.4, -0.2) is 37.0 Å². The molecule has 0 fully saturated rings. The number of amides is 1. The maximum absolute atomic E-state index is 12.6. The number of para-hydroxylation sites is 1. The highest BCUT2D eigenvalue weighted by Crippen LogP contribution is 2.38. The molecule has 7 nitrogen and oxygen atoms in total. The molecule has 146 valence electrons. The van der Waals surface area contributed by atoms with Crippen LogP contribution in [0.1, 0.15) is 21.7 Å². The second kappa shape index (κ2) is 8.47. The Kier molecular flexibility index (Phi) is 5.84. The Bertz CT molecular complexity index is 942. The number of nitrogens with zero attached hydrogens (tertiary/aromatic N) is 2. The molecule has 1 N–H and O–H groups in total. The van der Waals surface area contributed by atoms with Gasteiger partial charge in [-0.25, -0.2) is 4.68 Å². The molecule has 0 aliphatic carbocycles. The highest BCUT2D eigenvalue weighted by Gasteiger charge is 2.16. The number of carbonyl (C=O) groups excluding carboxylic acids is 1. The van der Waals surface area contributed by atoms with Gasteiger partial charge in [0.15, 0.2) is 17.2 Å². The van der Waals surface area contributed by atoms with E-state index in [1.54, 1.807) is 44.2 Å². The van der Waals surface area contributed by atoms with Gasteiger partial charge in [0.2, 0.25) is 5.75 Å². The quantitative estimate of drug-likeness (QED) is 0.681. The molecular weight excluding hydrogens is 358 g/mol. The van der Waals surface area contributed by atoms with E-state index in [1.807, 2.05) is 37.3 Å². The van der Waals surface area contributed by atoms with Crippen molar-refractivity contribution in [3.05, 3.63) is 65.5 Å². The number of hydrogen-bond donors (Lipinski definition) is 1. The summed E-state index contributed by atoms with van der Waals surface area (Å²) in [7, 11) is 4.66. The molecule has 1 amide bonds. The van der Waals surface area contributed by atoms with E-state index in [2.05, 4.69) is 10.4 Å². The maximum Gasteiger partial charge on any atom is 0.272 e. The van der Waals surface area contributed by atoms with E-state index in [0.29, 0.717) is 29.5 Å². The second-order valence-electron chi connectivity index (χ2n) is 6.13. The lowest BCUT2D eigenvalue weighted by molar-refractivity contribution is 0.0945. The molecule has 0 saturated heterocycles. The summed E-state index contributed by atoms with van der Waals surface area (Å²) >= 11 is 0. The van der Waals surface area contributed by atoms with Crippen LogP contribution >= 0.6 is 0 Å². The van der Waals surface area contributed by atoms with E-state index in [1.165, 1.54) is 0 Å². The summed E-state index contributed by atoms with van der Waals surface area (Å²) < 4.78 is 17.8. The number of ether oxygens (including phenoxy) is 3. The van der Waals surface area contributed by atoms with Crippen LogP contribution in [0.3, 0.4) is 0 Å². The van der Waals surface area contributed by atoms with Gasteiger partial charge in [-0.1, -0.05) is 18.2 Å². The van der Waals surface area contributed by atoms with Crippen molar-refractivity contribution >= 4 is 5.91 Å². The van der Waals surface area contributed by atoms with Crippen molar-refractivity contribution in [3.8, 4) is 22.9 Å². The molecule has 1 heterocycles. The lowest BCUT2D eigenvalue weighted by Crippen LogP contribution is -2.23. The molecule has 0 spiro atoms. The van der Waals surface area contributed by atoms with Crippen molar-refractivity contribution in [1.29, 1.82) is 0 Å². The van der Waals surface area contributed by atoms with Gasteiger partial charge in [-0.3, -0.25) is 4.79 Å². The van der Waals surface area contributed by atoms with Crippen LogP contribution < -0.4 is 19.5 Å². The minimum absolute atomic E-state index is 0.258. The summed E-state index contributed by atoms with van der Waals surface area (Å²) in [6.45, 7) is 2.21. The van der Waals surface area contributed by atoms with Gasteiger partial charge in [-0.05, 0) is 42.8 Å². The zero-order valence-corrected chi connectivity index (χ0v) is 16.4. The third-order valence-electron chi connectivity index (χ3n) is 4.30. The molecule has 3 aromatic rings. The van der Waals surface area contributed by atoms with Crippen molar-refractivity contribution < 1.29 is 19.0 Å². The molecule has 0 atom stereocenters. The number of aryl methyl sites for hydroxylation is 1. The van der Waals surface area contributed by atoms with Crippen LogP contribution in [0.5, 0.6) is 17.2 Å². The Hall–Kier alpha value is -3.48. The number of hydrogen-bond acceptors (Lipinski definition) is 5. The Morgan fingerprint density at radius 3 is 2.21 bits per heavy atom. The van der Waals surface area contributed by atoms with Crippen molar-refractivity contribution in [1.82, 2.24) is 15.1 Å². The van der Waals surface area contributed by atoms with Gasteiger partial charge in [-0.15, -0.1) is 0 Å². The standard InChI is InChI=1S/C21H23N3O4/c1-14-10-17(23-24(14)16-8-6-5-7-9-16)21(25)22-13-15-11-18(26-2)20(28-4)19(12-15)27-3/h5-12H,13H2,1-4H3,(H,22,25). The highest BCUT2D eigenvalue weighted by atomic mass is 16.5. The molecule has 0 aliphatic rings. The van der Waals surface area contributed by atoms with Gasteiger partial charge in [0.05, 0.1) is 27.0 Å². The van der Waals surface area contributed by atoms with Crippen LogP contribution in [-0.2, 0) is 6.54 Å². The topological polar surface area (TPSA) is 74.6 Å². The first kappa shape index (κ1) is 19.3. The minimum atomic E-state index is -0.258. The highest BCUT2D eigenvalue weighted by molar-refractivity contribution is 5.92. The Balaban J connectivity index is 1.76. The van der Waals surface area contributed by atoms with Gasteiger partial charge in [0, 0.05) is 12.2 Å². The van der Waals surface area contributed by atoms with E-state index < -0.39 is 0 Å². The lowest BCUT2D eigenvalue weighted by atomic mass is 10.1. The Labute approximate surface area is 163 Å². The summed E-state index contributed by atoms with van der Waals surface area (Å²) in [4.78, 5) is 12.6. The van der Waals surface area contributed by atoms with Gasteiger partial charge < -0.3 is 19.5 Å². The summed E-state index contributed by atoms with van der Waals surface area (Å²) in [5.41, 5.74) is 2.96. The molecule has 0 aliphatic heterocycles. The fraction of sp³-hybridized carbons (Fsp3) is 0.238. The predicted octanol–water partition coefficient (Wildman–Crippen LogP) is 3.14. The number of rotatable bonds is 7. The third kappa shape index (κ3) is 3.93. The van der Waals surface area contributed by atoms with E-state index in [9.17, 15) is 4.79 Å². The summed E-state index contributed by atoms with van der Waals surface area (Å²) in [5, 5.41) is 7.30. The van der Waals surface area contributed by atoms with Crippen molar-refractivity contribution in [3.63, 3.8) is 0 Å². The maximum atomic E-state index is 12.6. The summed E-state index contributed by atoms with van der Waals surface area (Å²) in [6, 6.07) is 15.0. The fourth-order valence-electron chi connectivity index (χ4n) is 2.93. The van der Waals surface area contributed by atoms with Crippen LogP contribution in [0.25, 0.3) is 5.69 Å². The Morgan fingerprint density at radius 2 is 1.64 bits per heavy atom. The zero-order chi connectivity index (χ0) is 20.1. The van der Waals surface area contributed by atoms with Crippen LogP contribution in [0.4, 0.5) is 0 Å². The molecule has 28 heavy (non-hydrogen) atoms. The van der Waals surface area contributed by atoms with E-state index in [4.69, 9.17) is 14.2 Å². The molecule has 0 radical (unpaired) electrons. The normalized spacial score (nSPS) is 10.4. The first-order valence-electron chi connectivity index (χ1n) is 8.76. The molecule has 2 aromatic carbocycles. The molecule has 0 unspecified atom stereocenters. The second-order valence-corrected chi connectivity index (χ2v) is 6.13. The van der Waals surface area contributed by atoms with E-state index >= 15 is 0 Å². The first-order chi connectivity index (χ1) is 13.6. The SMILES string of the molecule is COc1cc(CNC(=O)c2cc(C)n(-c3ccccc3)n2)cc(OC)c1OC. The summed E-state index contributed by atoms with van der Waals surface area (Å²) in [5.74, 6) is 1.33. The van der Waals surface area contributed by atoms with Gasteiger partial charge in [-0.2, -0.15) is 5.10 Å². The molecule has 1 aromatic heterocycles. The van der Waals surface area contributed by atoms with E-state index in [-0.39, 0.29) is 5.91 Å². The minimum Gasteiger partial charge on any atom is -0.493 e. The van der Waals surface area contributed by atoms with Crippen LogP contribution in [0.15, 0.2) is 48.5 Å². The average molecular weight is 381 g/mol. The largest absolute Gasteiger partial charge is 0.493 e. The number of benzene rings is 2. The van der Waals surface area contributed by atoms with Gasteiger partial charge in [0.25, 0.3) is 5.91 Å². The van der Waals surface area contributed by atoms with Crippen molar-refractivity contribution in [2.24, 2.45) is 0 Å². The smallest absolute Gasteiger partial charge is 0.272 e. The van der Waals surface area contributed by atoms with Crippen molar-refractivity contribution in [2.45, 2.75) is 13.5 Å². The Morgan fingerprint density at radius 1 is 1.00 bits per heavy atom. The van der Waals surface area contributed by atoms with Gasteiger partial charge >= 0.3 is 0 Å². The molecule has 0 saturated carbocycles. The predicted molar refractivity (Wildman–Crippen MR) is 106 cm³/mol. The third-order valence-corrected chi connectivity index (χ3v) is 4.30. The fourth-order valence-corrected chi connectivity index (χ4v) is 2.93. The van der Waals surface area contributed by atoms with E-state index in [0.717, 1.165) is 16.9 Å². The number of methoxy groups -OCH3 is 3. The van der Waals surface area contributed by atoms with Crippen LogP contribution in [0, 0.1) is 6.92 Å². The molecular formula is C21H23N3O4. The number of nitrogens with one attached hydrogen (secondary N) is 1. The van der Waals surface area contributed by atoms with Crippen LogP contribution in [0.2, 0.25) is 0 Å². The molecule has 3 rings (SSSR count). The lowest BCUT2D eigenvalue weighted by Gasteiger charge is -2.14. The summed E-state index contributed by atoms with van der Waals surface area (Å²) in [6.07, 6.45) is 0. The van der Waals surface area contributed by atoms with Crippen molar-refractivity contribution in [2.75, 3.05) is 21.3 Å². The number of aromatic nitrogens is 2. The molecule has 7 heteroatoms. The number of carbonyl (C=O) groups is 1. The van der Waals surface area contributed by atoms with Gasteiger partial charge in [0.1, 0.15) is 0 Å². The zero-order valence-electron chi connectivity index (χ0n) is 16.4.